The van der Waals surface area contributed by atoms with Crippen molar-refractivity contribution < 1.29 is 0 Å². The summed E-state index contributed by atoms with van der Waals surface area (Å²) >= 11 is 0. The van der Waals surface area contributed by atoms with E-state index in [4.69, 9.17) is 0 Å². The van der Waals surface area contributed by atoms with E-state index in [0.717, 1.165) is 11.8 Å². The van der Waals surface area contributed by atoms with Gasteiger partial charge in [0, 0.05) is 6.04 Å². The lowest BCUT2D eigenvalue weighted by atomic mass is 10.0. The molecular weight excluding hydrogens is 194 g/mol. The van der Waals surface area contributed by atoms with Crippen LogP contribution in [0, 0.1) is 19.8 Å². The Kier molecular flexibility index (Phi) is 3.34. The highest BCUT2D eigenvalue weighted by Crippen LogP contribution is 2.47. The molecule has 1 saturated carbocycles. The van der Waals surface area contributed by atoms with Gasteiger partial charge in [-0.1, -0.05) is 43.2 Å². The van der Waals surface area contributed by atoms with Crippen molar-refractivity contribution in [3.05, 3.63) is 34.9 Å². The maximum absolute atomic E-state index is 3.54. The van der Waals surface area contributed by atoms with Gasteiger partial charge in [0.25, 0.3) is 0 Å². The van der Waals surface area contributed by atoms with Crippen molar-refractivity contribution >= 4 is 0 Å². The fourth-order valence-corrected chi connectivity index (χ4v) is 2.49. The molecule has 2 unspecified atom stereocenters. The molecule has 0 spiro atoms. The standard InChI is InChI=1S/C15H23N/c1-10(2)16-9-14-8-15(14)13-6-11(3)5-12(4)7-13/h5-7,10,14-16H,8-9H2,1-4H3. The van der Waals surface area contributed by atoms with Gasteiger partial charge in [0.05, 0.1) is 0 Å². The van der Waals surface area contributed by atoms with E-state index >= 15 is 0 Å². The van der Waals surface area contributed by atoms with Crippen molar-refractivity contribution in [1.29, 1.82) is 0 Å². The van der Waals surface area contributed by atoms with E-state index in [1.54, 1.807) is 5.56 Å². The van der Waals surface area contributed by atoms with Crippen LogP contribution in [-0.4, -0.2) is 12.6 Å². The van der Waals surface area contributed by atoms with Crippen molar-refractivity contribution in [2.45, 2.75) is 46.1 Å². The van der Waals surface area contributed by atoms with Crippen LogP contribution in [0.2, 0.25) is 0 Å². The van der Waals surface area contributed by atoms with E-state index in [0.29, 0.717) is 6.04 Å². The first-order valence-corrected chi connectivity index (χ1v) is 6.38. The first-order valence-electron chi connectivity index (χ1n) is 6.38. The van der Waals surface area contributed by atoms with Crippen molar-refractivity contribution in [1.82, 2.24) is 5.32 Å². The highest BCUT2D eigenvalue weighted by Gasteiger charge is 2.37. The highest BCUT2D eigenvalue weighted by molar-refractivity contribution is 5.34. The van der Waals surface area contributed by atoms with E-state index in [2.05, 4.69) is 51.2 Å². The summed E-state index contributed by atoms with van der Waals surface area (Å²) in [4.78, 5) is 0. The molecule has 2 rings (SSSR count). The molecule has 1 aliphatic carbocycles. The van der Waals surface area contributed by atoms with Gasteiger partial charge in [0.1, 0.15) is 0 Å². The molecule has 1 nitrogen and oxygen atoms in total. The van der Waals surface area contributed by atoms with E-state index < -0.39 is 0 Å². The minimum Gasteiger partial charge on any atom is -0.314 e. The van der Waals surface area contributed by atoms with E-state index in [-0.39, 0.29) is 0 Å². The normalized spacial score (nSPS) is 23.8. The predicted molar refractivity (Wildman–Crippen MR) is 69.9 cm³/mol. The quantitative estimate of drug-likeness (QED) is 0.815. The van der Waals surface area contributed by atoms with Crippen molar-refractivity contribution in [3.63, 3.8) is 0 Å². The smallest absolute Gasteiger partial charge is 0.00104 e. The van der Waals surface area contributed by atoms with Crippen molar-refractivity contribution in [2.75, 3.05) is 6.54 Å². The second kappa shape index (κ2) is 4.58. The third-order valence-corrected chi connectivity index (χ3v) is 3.38. The van der Waals surface area contributed by atoms with Gasteiger partial charge in [-0.25, -0.2) is 0 Å². The van der Waals surface area contributed by atoms with Gasteiger partial charge in [-0.05, 0) is 44.2 Å². The molecule has 0 aromatic heterocycles. The van der Waals surface area contributed by atoms with E-state index in [1.165, 1.54) is 24.1 Å². The fraction of sp³-hybridized carbons (Fsp3) is 0.600. The van der Waals surface area contributed by atoms with Gasteiger partial charge in [0.15, 0.2) is 0 Å². The molecule has 1 aromatic rings. The molecule has 16 heavy (non-hydrogen) atoms. The van der Waals surface area contributed by atoms with Crippen LogP contribution in [-0.2, 0) is 0 Å². The second-order valence-corrected chi connectivity index (χ2v) is 5.59. The molecule has 88 valence electrons. The Hall–Kier alpha value is -0.820. The zero-order valence-electron chi connectivity index (χ0n) is 10.9. The summed E-state index contributed by atoms with van der Waals surface area (Å²) in [6.45, 7) is 10.00. The van der Waals surface area contributed by atoms with Gasteiger partial charge in [-0.15, -0.1) is 0 Å². The summed E-state index contributed by atoms with van der Waals surface area (Å²) in [6, 6.07) is 7.58. The van der Waals surface area contributed by atoms with Crippen LogP contribution in [0.3, 0.4) is 0 Å². The lowest BCUT2D eigenvalue weighted by Crippen LogP contribution is -2.25. The van der Waals surface area contributed by atoms with Crippen LogP contribution >= 0.6 is 0 Å². The number of aryl methyl sites for hydroxylation is 2. The summed E-state index contributed by atoms with van der Waals surface area (Å²) < 4.78 is 0. The molecule has 1 aliphatic rings. The molecule has 2 atom stereocenters. The summed E-state index contributed by atoms with van der Waals surface area (Å²) in [5.41, 5.74) is 4.35. The maximum atomic E-state index is 3.54. The molecule has 1 aromatic carbocycles. The Balaban J connectivity index is 1.95. The number of nitrogens with one attached hydrogen (secondary N) is 1. The predicted octanol–water partition coefficient (Wildman–Crippen LogP) is 3.40. The van der Waals surface area contributed by atoms with Gasteiger partial charge in [-0.3, -0.25) is 0 Å². The van der Waals surface area contributed by atoms with Gasteiger partial charge >= 0.3 is 0 Å². The van der Waals surface area contributed by atoms with Gasteiger partial charge in [-0.2, -0.15) is 0 Å². The maximum Gasteiger partial charge on any atom is 0.00104 e. The summed E-state index contributed by atoms with van der Waals surface area (Å²) in [5.74, 6) is 1.67. The third kappa shape index (κ3) is 2.85. The first-order chi connectivity index (χ1) is 7.56. The Labute approximate surface area is 99.3 Å². The minimum atomic E-state index is 0.612. The van der Waals surface area contributed by atoms with E-state index in [9.17, 15) is 0 Å². The van der Waals surface area contributed by atoms with Gasteiger partial charge < -0.3 is 5.32 Å². The Morgan fingerprint density at radius 1 is 1.19 bits per heavy atom. The van der Waals surface area contributed by atoms with Gasteiger partial charge in [0.2, 0.25) is 0 Å². The number of hydrogen-bond donors (Lipinski definition) is 1. The van der Waals surface area contributed by atoms with Crippen LogP contribution in [0.15, 0.2) is 18.2 Å². The lowest BCUT2D eigenvalue weighted by molar-refractivity contribution is 0.554. The zero-order valence-corrected chi connectivity index (χ0v) is 10.9. The monoisotopic (exact) mass is 217 g/mol. The lowest BCUT2D eigenvalue weighted by Gasteiger charge is -2.08. The molecule has 0 bridgehead atoms. The second-order valence-electron chi connectivity index (χ2n) is 5.59. The molecule has 1 N–H and O–H groups in total. The molecule has 1 heteroatoms. The van der Waals surface area contributed by atoms with Crippen LogP contribution in [0.1, 0.15) is 42.9 Å². The molecule has 0 radical (unpaired) electrons. The molecule has 0 amide bonds. The molecule has 1 fully saturated rings. The first kappa shape index (κ1) is 11.7. The average Bonchev–Trinajstić information content (AvgIpc) is 2.92. The van der Waals surface area contributed by atoms with Crippen LogP contribution in [0.25, 0.3) is 0 Å². The molecule has 0 aliphatic heterocycles. The number of benzene rings is 1. The average molecular weight is 217 g/mol. The van der Waals surface area contributed by atoms with Crippen LogP contribution < -0.4 is 5.32 Å². The summed E-state index contributed by atoms with van der Waals surface area (Å²) in [5, 5.41) is 3.54. The van der Waals surface area contributed by atoms with Crippen LogP contribution in [0.5, 0.6) is 0 Å². The van der Waals surface area contributed by atoms with Crippen molar-refractivity contribution in [2.24, 2.45) is 5.92 Å². The zero-order chi connectivity index (χ0) is 11.7. The summed E-state index contributed by atoms with van der Waals surface area (Å²) in [7, 11) is 0. The fourth-order valence-electron chi connectivity index (χ4n) is 2.49. The minimum absolute atomic E-state index is 0.612. The third-order valence-electron chi connectivity index (χ3n) is 3.38. The van der Waals surface area contributed by atoms with Crippen molar-refractivity contribution in [3.8, 4) is 0 Å². The molecule has 0 heterocycles. The number of rotatable bonds is 4. The highest BCUT2D eigenvalue weighted by atomic mass is 14.9. The molecule has 0 saturated heterocycles. The SMILES string of the molecule is Cc1cc(C)cc(C2CC2CNC(C)C)c1. The largest absolute Gasteiger partial charge is 0.314 e. The molecular formula is C15H23N. The number of hydrogen-bond acceptors (Lipinski definition) is 1. The Morgan fingerprint density at radius 2 is 1.81 bits per heavy atom. The Bertz CT molecular complexity index is 347. The Morgan fingerprint density at radius 3 is 2.38 bits per heavy atom. The van der Waals surface area contributed by atoms with Crippen LogP contribution in [0.4, 0.5) is 0 Å². The van der Waals surface area contributed by atoms with E-state index in [1.807, 2.05) is 0 Å². The summed E-state index contributed by atoms with van der Waals surface area (Å²) in [6.07, 6.45) is 1.36. The topological polar surface area (TPSA) is 12.0 Å².